The average Bonchev–Trinajstić information content (AvgIpc) is 2.97. The molecule has 108 valence electrons. The first-order valence-corrected chi connectivity index (χ1v) is 6.96. The first kappa shape index (κ1) is 13.5. The zero-order valence-corrected chi connectivity index (χ0v) is 12.1. The van der Waals surface area contributed by atoms with E-state index in [4.69, 9.17) is 4.52 Å². The standard InChI is InChI=1S/C16H17N2O3/c1-11-3-5-13(6-4-11)9-14-10-15(19)18(16(14)20)17-8-7-12(2)21-17/h3-8,14H,9-10H2,1-2H3/q+1. The smallest absolute Gasteiger partial charge is 0.268 e. The number of carbonyl (C=O) groups is 2. The highest BCUT2D eigenvalue weighted by Gasteiger charge is 2.46. The van der Waals surface area contributed by atoms with Crippen LogP contribution in [-0.2, 0) is 16.0 Å². The van der Waals surface area contributed by atoms with Crippen LogP contribution in [0.5, 0.6) is 0 Å². The van der Waals surface area contributed by atoms with E-state index < -0.39 is 0 Å². The highest BCUT2D eigenvalue weighted by molar-refractivity contribution is 6.13. The van der Waals surface area contributed by atoms with Gasteiger partial charge in [-0.05, 0) is 23.9 Å². The van der Waals surface area contributed by atoms with Gasteiger partial charge in [-0.25, -0.2) is 4.52 Å². The Hall–Kier alpha value is -2.43. The van der Waals surface area contributed by atoms with Crippen LogP contribution in [0.15, 0.2) is 41.1 Å². The van der Waals surface area contributed by atoms with Gasteiger partial charge < -0.3 is 0 Å². The zero-order valence-electron chi connectivity index (χ0n) is 12.1. The lowest BCUT2D eigenvalue weighted by molar-refractivity contribution is -0.845. The maximum atomic E-state index is 12.4. The molecular formula is C16H17N2O3+. The molecule has 21 heavy (non-hydrogen) atoms. The molecule has 0 aliphatic carbocycles. The molecule has 0 spiro atoms. The van der Waals surface area contributed by atoms with Crippen molar-refractivity contribution in [2.24, 2.45) is 5.92 Å². The van der Waals surface area contributed by atoms with E-state index >= 15 is 0 Å². The predicted molar refractivity (Wildman–Crippen MR) is 74.9 cm³/mol. The summed E-state index contributed by atoms with van der Waals surface area (Å²) >= 11 is 0. The summed E-state index contributed by atoms with van der Waals surface area (Å²) in [4.78, 5) is 25.7. The summed E-state index contributed by atoms with van der Waals surface area (Å²) in [5.74, 6) is -0.105. The molecule has 0 N–H and O–H groups in total. The Morgan fingerprint density at radius 2 is 1.90 bits per heavy atom. The van der Waals surface area contributed by atoms with Crippen LogP contribution < -0.4 is 9.86 Å². The topological polar surface area (TPSA) is 54.4 Å². The Labute approximate surface area is 122 Å². The minimum atomic E-state index is -0.321. The summed E-state index contributed by atoms with van der Waals surface area (Å²) in [6, 6.07) is 9.74. The third-order valence-electron chi connectivity index (χ3n) is 3.69. The summed E-state index contributed by atoms with van der Waals surface area (Å²) in [5.41, 5.74) is 2.24. The van der Waals surface area contributed by atoms with Crippen molar-refractivity contribution in [2.75, 3.05) is 5.01 Å². The third kappa shape index (κ3) is 2.59. The summed E-state index contributed by atoms with van der Waals surface area (Å²) in [5, 5.41) is 1.09. The molecule has 5 heteroatoms. The van der Waals surface area contributed by atoms with Gasteiger partial charge in [-0.15, -0.1) is 0 Å². The molecule has 5 nitrogen and oxygen atoms in total. The number of aromatic nitrogens is 1. The Kier molecular flexibility index (Phi) is 3.33. The molecule has 1 unspecified atom stereocenters. The van der Waals surface area contributed by atoms with Gasteiger partial charge in [-0.2, -0.15) is 0 Å². The molecule has 3 rings (SSSR count). The minimum absolute atomic E-state index is 0.208. The van der Waals surface area contributed by atoms with Gasteiger partial charge in [-0.1, -0.05) is 29.8 Å². The summed E-state index contributed by atoms with van der Waals surface area (Å²) in [7, 11) is 0. The maximum Gasteiger partial charge on any atom is 0.295 e. The van der Waals surface area contributed by atoms with Crippen molar-refractivity contribution >= 4 is 11.8 Å². The lowest BCUT2D eigenvalue weighted by atomic mass is 9.97. The van der Waals surface area contributed by atoms with E-state index in [0.717, 1.165) is 10.6 Å². The largest absolute Gasteiger partial charge is 0.295 e. The highest BCUT2D eigenvalue weighted by atomic mass is 16.5. The second-order valence-corrected chi connectivity index (χ2v) is 5.45. The molecule has 1 atom stereocenters. The summed E-state index contributed by atoms with van der Waals surface area (Å²) < 4.78 is 5.32. The number of imide groups is 1. The monoisotopic (exact) mass is 285 g/mol. The van der Waals surface area contributed by atoms with Crippen LogP contribution in [0.2, 0.25) is 0 Å². The zero-order chi connectivity index (χ0) is 15.0. The summed E-state index contributed by atoms with van der Waals surface area (Å²) in [6.45, 7) is 3.79. The molecule has 1 aromatic carbocycles. The summed E-state index contributed by atoms with van der Waals surface area (Å²) in [6.07, 6.45) is 2.38. The number of benzene rings is 1. The van der Waals surface area contributed by atoms with E-state index in [-0.39, 0.29) is 24.2 Å². The Balaban J connectivity index is 1.78. The van der Waals surface area contributed by atoms with Crippen molar-refractivity contribution in [2.45, 2.75) is 26.7 Å². The molecule has 2 aromatic rings. The van der Waals surface area contributed by atoms with Gasteiger partial charge in [-0.3, -0.25) is 9.59 Å². The maximum absolute atomic E-state index is 12.4. The number of carbonyl (C=O) groups excluding carboxylic acids is 2. The molecular weight excluding hydrogens is 268 g/mol. The Morgan fingerprint density at radius 1 is 1.19 bits per heavy atom. The fourth-order valence-corrected chi connectivity index (χ4v) is 2.54. The van der Waals surface area contributed by atoms with Crippen molar-refractivity contribution in [3.05, 3.63) is 53.4 Å². The van der Waals surface area contributed by atoms with Crippen molar-refractivity contribution in [1.82, 2.24) is 0 Å². The quantitative estimate of drug-likeness (QED) is 0.633. The number of hydrogen-bond acceptors (Lipinski definition) is 3. The third-order valence-corrected chi connectivity index (χ3v) is 3.69. The molecule has 1 aliphatic heterocycles. The predicted octanol–water partition coefficient (Wildman–Crippen LogP) is 1.44. The van der Waals surface area contributed by atoms with Crippen molar-refractivity contribution in [3.63, 3.8) is 0 Å². The van der Waals surface area contributed by atoms with E-state index in [1.54, 1.807) is 19.2 Å². The van der Waals surface area contributed by atoms with Crippen LogP contribution in [0.1, 0.15) is 23.3 Å². The van der Waals surface area contributed by atoms with Crippen LogP contribution in [0.4, 0.5) is 0 Å². The minimum Gasteiger partial charge on any atom is -0.268 e. The van der Waals surface area contributed by atoms with Crippen molar-refractivity contribution < 1.29 is 19.0 Å². The lowest BCUT2D eigenvalue weighted by Crippen LogP contribution is -2.60. The number of rotatable bonds is 3. The van der Waals surface area contributed by atoms with Crippen LogP contribution in [0, 0.1) is 19.8 Å². The second kappa shape index (κ2) is 5.16. The van der Waals surface area contributed by atoms with Crippen molar-refractivity contribution in [1.29, 1.82) is 0 Å². The van der Waals surface area contributed by atoms with Crippen LogP contribution in [0.25, 0.3) is 0 Å². The van der Waals surface area contributed by atoms with Crippen molar-refractivity contribution in [3.8, 4) is 0 Å². The number of amides is 2. The van der Waals surface area contributed by atoms with Gasteiger partial charge in [0, 0.05) is 13.3 Å². The molecule has 1 aromatic heterocycles. The molecule has 2 heterocycles. The van der Waals surface area contributed by atoms with Gasteiger partial charge >= 0.3 is 0 Å². The van der Waals surface area contributed by atoms with Gasteiger partial charge in [0.15, 0.2) is 5.76 Å². The van der Waals surface area contributed by atoms with E-state index in [9.17, 15) is 9.59 Å². The van der Waals surface area contributed by atoms with Gasteiger partial charge in [0.05, 0.1) is 12.0 Å². The van der Waals surface area contributed by atoms with E-state index in [1.165, 1.54) is 10.4 Å². The SMILES string of the molecule is Cc1ccc(CC2CC(=O)N([n+]3ccc(C)o3)C2=O)cc1. The van der Waals surface area contributed by atoms with Gasteiger partial charge in [0.1, 0.15) is 4.85 Å². The van der Waals surface area contributed by atoms with E-state index in [2.05, 4.69) is 0 Å². The highest BCUT2D eigenvalue weighted by Crippen LogP contribution is 2.21. The average molecular weight is 285 g/mol. The number of nitrogens with zero attached hydrogens (tertiary/aromatic N) is 2. The molecule has 1 saturated heterocycles. The molecule has 2 amide bonds. The number of aryl methyl sites for hydroxylation is 2. The Bertz CT molecular complexity index is 688. The first-order valence-electron chi connectivity index (χ1n) is 6.96. The van der Waals surface area contributed by atoms with E-state index in [0.29, 0.717) is 12.2 Å². The Morgan fingerprint density at radius 3 is 2.52 bits per heavy atom. The van der Waals surface area contributed by atoms with Crippen LogP contribution in [0.3, 0.4) is 0 Å². The normalized spacial score (nSPS) is 18.6. The van der Waals surface area contributed by atoms with E-state index in [1.807, 2.05) is 31.2 Å². The molecule has 1 aliphatic rings. The second-order valence-electron chi connectivity index (χ2n) is 5.45. The molecule has 0 radical (unpaired) electrons. The number of hydrogen-bond donors (Lipinski definition) is 0. The van der Waals surface area contributed by atoms with Gasteiger partial charge in [0.2, 0.25) is 0 Å². The molecule has 0 saturated carbocycles. The fraction of sp³-hybridized carbons (Fsp3) is 0.312. The van der Waals surface area contributed by atoms with Crippen LogP contribution >= 0.6 is 0 Å². The fourth-order valence-electron chi connectivity index (χ4n) is 2.54. The lowest BCUT2D eigenvalue weighted by Gasteiger charge is -2.06. The van der Waals surface area contributed by atoms with Crippen LogP contribution in [-0.4, -0.2) is 11.8 Å². The first-order chi connectivity index (χ1) is 10.0. The van der Waals surface area contributed by atoms with Gasteiger partial charge in [0.25, 0.3) is 18.0 Å². The molecule has 1 fully saturated rings. The molecule has 0 bridgehead atoms.